The van der Waals surface area contributed by atoms with Gasteiger partial charge >= 0.3 is 0 Å². The number of rotatable bonds is 12. The van der Waals surface area contributed by atoms with Crippen molar-refractivity contribution in [2.24, 2.45) is 0 Å². The molecule has 37 heavy (non-hydrogen) atoms. The van der Waals surface area contributed by atoms with E-state index in [1.165, 1.54) is 24.3 Å². The lowest BCUT2D eigenvalue weighted by Gasteiger charge is -2.24. The van der Waals surface area contributed by atoms with Crippen LogP contribution < -0.4 is 23.8 Å². The zero-order chi connectivity index (χ0) is 27.0. The average molecular weight is 547 g/mol. The summed E-state index contributed by atoms with van der Waals surface area (Å²) in [5, 5.41) is 3.19. The molecule has 0 aliphatic rings. The number of amides is 1. The molecule has 0 aliphatic heterocycles. The Hall–Kier alpha value is -3.43. The van der Waals surface area contributed by atoms with E-state index in [0.29, 0.717) is 34.6 Å². The lowest BCUT2D eigenvalue weighted by Crippen LogP contribution is -2.40. The molecule has 0 heterocycles. The van der Waals surface area contributed by atoms with Gasteiger partial charge in [0.05, 0.1) is 30.4 Å². The fourth-order valence-electron chi connectivity index (χ4n) is 3.48. The van der Waals surface area contributed by atoms with E-state index in [1.807, 2.05) is 26.8 Å². The highest BCUT2D eigenvalue weighted by Gasteiger charge is 2.27. The molecule has 3 aromatic rings. The van der Waals surface area contributed by atoms with Crippen LogP contribution in [0.3, 0.4) is 0 Å². The Kier molecular flexibility index (Phi) is 9.66. The van der Waals surface area contributed by atoms with E-state index >= 15 is 0 Å². The first-order valence-electron chi connectivity index (χ1n) is 11.8. The maximum absolute atomic E-state index is 13.5. The third-order valence-electron chi connectivity index (χ3n) is 5.20. The molecular weight excluding hydrogens is 516 g/mol. The fraction of sp³-hybridized carbons (Fsp3) is 0.296. The first-order valence-corrected chi connectivity index (χ1v) is 13.6. The number of nitrogens with zero attached hydrogens (tertiary/aromatic N) is 1. The summed E-state index contributed by atoms with van der Waals surface area (Å²) < 4.78 is 44.7. The van der Waals surface area contributed by atoms with Crippen molar-refractivity contribution in [3.05, 3.63) is 77.3 Å². The normalized spacial score (nSPS) is 11.2. The molecule has 0 saturated heterocycles. The van der Waals surface area contributed by atoms with Crippen molar-refractivity contribution in [1.82, 2.24) is 5.32 Å². The molecule has 3 rings (SSSR count). The highest BCUT2D eigenvalue weighted by atomic mass is 35.5. The SMILES string of the molecule is CCOc1ccc(N(CC(=O)NCc2ccc(OC(C)C)c(OC)c2)S(=O)(=O)c2ccc(Cl)cc2)cc1. The van der Waals surface area contributed by atoms with Crippen LogP contribution in [0, 0.1) is 0 Å². The topological polar surface area (TPSA) is 94.2 Å². The van der Waals surface area contributed by atoms with Gasteiger partial charge in [-0.15, -0.1) is 0 Å². The fourth-order valence-corrected chi connectivity index (χ4v) is 5.03. The number of carbonyl (C=O) groups is 1. The highest BCUT2D eigenvalue weighted by molar-refractivity contribution is 7.92. The van der Waals surface area contributed by atoms with Crippen LogP contribution in [-0.4, -0.2) is 40.7 Å². The number of ether oxygens (including phenoxy) is 3. The first kappa shape index (κ1) is 28.1. The minimum absolute atomic E-state index is 0.0177. The van der Waals surface area contributed by atoms with E-state index in [9.17, 15) is 13.2 Å². The van der Waals surface area contributed by atoms with Crippen molar-refractivity contribution in [2.45, 2.75) is 38.3 Å². The second kappa shape index (κ2) is 12.7. The average Bonchev–Trinajstić information content (AvgIpc) is 2.87. The van der Waals surface area contributed by atoms with Crippen molar-refractivity contribution in [3.63, 3.8) is 0 Å². The zero-order valence-electron chi connectivity index (χ0n) is 21.2. The number of nitrogens with one attached hydrogen (secondary N) is 1. The summed E-state index contributed by atoms with van der Waals surface area (Å²) in [5.41, 5.74) is 1.10. The summed E-state index contributed by atoms with van der Waals surface area (Å²) in [7, 11) is -2.52. The summed E-state index contributed by atoms with van der Waals surface area (Å²) in [6.45, 7) is 5.92. The zero-order valence-corrected chi connectivity index (χ0v) is 22.8. The number of benzene rings is 3. The van der Waals surface area contributed by atoms with Crippen LogP contribution >= 0.6 is 11.6 Å². The lowest BCUT2D eigenvalue weighted by molar-refractivity contribution is -0.119. The Morgan fingerprint density at radius 3 is 2.27 bits per heavy atom. The predicted octanol–water partition coefficient (Wildman–Crippen LogP) is 5.05. The second-order valence-corrected chi connectivity index (χ2v) is 10.6. The summed E-state index contributed by atoms with van der Waals surface area (Å²) in [4.78, 5) is 13.0. The standard InChI is InChI=1S/C27H31ClN2O6S/c1-5-35-23-11-9-22(10-12-23)30(37(32,33)24-13-7-21(28)8-14-24)18-27(31)29-17-20-6-15-25(36-19(2)3)26(16-20)34-4/h6-16,19H,5,17-18H2,1-4H3,(H,29,31). The maximum atomic E-state index is 13.5. The van der Waals surface area contributed by atoms with Gasteiger partial charge in [-0.1, -0.05) is 17.7 Å². The molecule has 0 aromatic heterocycles. The smallest absolute Gasteiger partial charge is 0.264 e. The second-order valence-electron chi connectivity index (χ2n) is 8.32. The van der Waals surface area contributed by atoms with Gasteiger partial charge in [-0.25, -0.2) is 8.42 Å². The van der Waals surface area contributed by atoms with Crippen LogP contribution in [0.25, 0.3) is 0 Å². The molecule has 0 atom stereocenters. The summed E-state index contributed by atoms with van der Waals surface area (Å²) in [6, 6.07) is 17.7. The van der Waals surface area contributed by atoms with Crippen molar-refractivity contribution in [1.29, 1.82) is 0 Å². The molecule has 8 nitrogen and oxygen atoms in total. The Morgan fingerprint density at radius 1 is 1.00 bits per heavy atom. The number of hydrogen-bond acceptors (Lipinski definition) is 6. The molecule has 1 N–H and O–H groups in total. The van der Waals surface area contributed by atoms with Crippen LogP contribution in [0.5, 0.6) is 17.2 Å². The number of sulfonamides is 1. The van der Waals surface area contributed by atoms with Crippen LogP contribution in [0.1, 0.15) is 26.3 Å². The largest absolute Gasteiger partial charge is 0.494 e. The third-order valence-corrected chi connectivity index (χ3v) is 7.25. The molecule has 0 saturated carbocycles. The first-order chi connectivity index (χ1) is 17.6. The van der Waals surface area contributed by atoms with Gasteiger partial charge in [-0.2, -0.15) is 0 Å². The number of carbonyl (C=O) groups excluding carboxylic acids is 1. The van der Waals surface area contributed by atoms with Crippen molar-refractivity contribution in [2.75, 3.05) is 24.6 Å². The van der Waals surface area contributed by atoms with Crippen molar-refractivity contribution < 1.29 is 27.4 Å². The number of hydrogen-bond donors (Lipinski definition) is 1. The van der Waals surface area contributed by atoms with Crippen LogP contribution in [0.15, 0.2) is 71.6 Å². The van der Waals surface area contributed by atoms with Gasteiger partial charge in [0.2, 0.25) is 5.91 Å². The Balaban J connectivity index is 1.81. The van der Waals surface area contributed by atoms with E-state index in [1.54, 1.807) is 43.5 Å². The molecule has 1 amide bonds. The van der Waals surface area contributed by atoms with Crippen LogP contribution in [0.2, 0.25) is 5.02 Å². The lowest BCUT2D eigenvalue weighted by atomic mass is 10.2. The summed E-state index contributed by atoms with van der Waals surface area (Å²) in [6.07, 6.45) is -0.0179. The Morgan fingerprint density at radius 2 is 1.68 bits per heavy atom. The minimum Gasteiger partial charge on any atom is -0.494 e. The third kappa shape index (κ3) is 7.53. The molecule has 198 valence electrons. The van der Waals surface area contributed by atoms with E-state index in [2.05, 4.69) is 5.32 Å². The quantitative estimate of drug-likeness (QED) is 0.342. The molecule has 0 spiro atoms. The van der Waals surface area contributed by atoms with Gasteiger partial charge in [0, 0.05) is 11.6 Å². The molecule has 10 heteroatoms. The monoisotopic (exact) mass is 546 g/mol. The molecule has 0 aliphatic carbocycles. The highest BCUT2D eigenvalue weighted by Crippen LogP contribution is 2.29. The van der Waals surface area contributed by atoms with Gasteiger partial charge in [-0.3, -0.25) is 9.10 Å². The van der Waals surface area contributed by atoms with Gasteiger partial charge in [0.25, 0.3) is 10.0 Å². The van der Waals surface area contributed by atoms with Gasteiger partial charge in [0.1, 0.15) is 12.3 Å². The van der Waals surface area contributed by atoms with E-state index in [0.717, 1.165) is 9.87 Å². The Labute approximate surface area is 223 Å². The number of anilines is 1. The molecule has 0 unspecified atom stereocenters. The molecule has 3 aromatic carbocycles. The Bertz CT molecular complexity index is 1300. The molecule has 0 fully saturated rings. The maximum Gasteiger partial charge on any atom is 0.264 e. The molecular formula is C27H31ClN2O6S. The summed E-state index contributed by atoms with van der Waals surface area (Å²) >= 11 is 5.94. The summed E-state index contributed by atoms with van der Waals surface area (Å²) in [5.74, 6) is 1.26. The number of methoxy groups -OCH3 is 1. The van der Waals surface area contributed by atoms with Crippen LogP contribution in [0.4, 0.5) is 5.69 Å². The van der Waals surface area contributed by atoms with E-state index in [4.69, 9.17) is 25.8 Å². The van der Waals surface area contributed by atoms with Crippen molar-refractivity contribution >= 4 is 33.2 Å². The van der Waals surface area contributed by atoms with Gasteiger partial charge in [-0.05, 0) is 87.0 Å². The van der Waals surface area contributed by atoms with Crippen LogP contribution in [-0.2, 0) is 21.4 Å². The predicted molar refractivity (Wildman–Crippen MR) is 144 cm³/mol. The van der Waals surface area contributed by atoms with Crippen molar-refractivity contribution in [3.8, 4) is 17.2 Å². The van der Waals surface area contributed by atoms with E-state index < -0.39 is 22.5 Å². The van der Waals surface area contributed by atoms with Gasteiger partial charge < -0.3 is 19.5 Å². The molecule has 0 radical (unpaired) electrons. The van der Waals surface area contributed by atoms with Gasteiger partial charge in [0.15, 0.2) is 11.5 Å². The van der Waals surface area contributed by atoms with E-state index in [-0.39, 0.29) is 17.5 Å². The minimum atomic E-state index is -4.07. The number of halogens is 1. The molecule has 0 bridgehead atoms.